The second kappa shape index (κ2) is 11.0. The van der Waals surface area contributed by atoms with Crippen LogP contribution < -0.4 is 25.2 Å². The maximum atomic E-state index is 13.0. The first kappa shape index (κ1) is 26.9. The Bertz CT molecular complexity index is 1580. The topological polar surface area (TPSA) is 130 Å². The van der Waals surface area contributed by atoms with Crippen molar-refractivity contribution >= 4 is 5.97 Å². The van der Waals surface area contributed by atoms with Gasteiger partial charge in [0.05, 0.1) is 33.1 Å². The Balaban J connectivity index is 1.34. The standard InChI is InChI=1S/C30H32N2O9/c1-37-24-9-18(10-25-30(24)40-7-6-39-25)21(12-27(35)38-2)29-28(36)23(33)11-20(41-29)16-31-13-17-8-19(15-31)22-4-3-5-26(34)32(22)14-17/h3-5,9-11,17,19,21,36H,6-8,12-16H2,1-2H3/t17-,19+,21-/m0/s1. The quantitative estimate of drug-likeness (QED) is 0.428. The summed E-state index contributed by atoms with van der Waals surface area (Å²) in [7, 11) is 2.77. The molecule has 11 nitrogen and oxygen atoms in total. The molecule has 11 heteroatoms. The van der Waals surface area contributed by atoms with E-state index in [0.29, 0.717) is 67.3 Å². The average Bonchev–Trinajstić information content (AvgIpc) is 2.97. The Morgan fingerprint density at radius 1 is 1.10 bits per heavy atom. The van der Waals surface area contributed by atoms with Gasteiger partial charge in [0, 0.05) is 43.4 Å². The molecule has 3 aliphatic heterocycles. The number of esters is 1. The molecule has 1 aromatic carbocycles. The highest BCUT2D eigenvalue weighted by Gasteiger charge is 2.35. The van der Waals surface area contributed by atoms with Crippen molar-refractivity contribution in [3.63, 3.8) is 0 Å². The lowest BCUT2D eigenvalue weighted by Crippen LogP contribution is -2.46. The third kappa shape index (κ3) is 5.17. The number of hydrogen-bond donors (Lipinski definition) is 1. The lowest BCUT2D eigenvalue weighted by Gasteiger charge is -2.42. The molecule has 3 aliphatic rings. The van der Waals surface area contributed by atoms with E-state index in [1.54, 1.807) is 24.3 Å². The minimum atomic E-state index is -0.862. The highest BCUT2D eigenvalue weighted by Crippen LogP contribution is 2.45. The summed E-state index contributed by atoms with van der Waals surface area (Å²) < 4.78 is 30.0. The van der Waals surface area contributed by atoms with Crippen molar-refractivity contribution in [2.75, 3.05) is 40.5 Å². The van der Waals surface area contributed by atoms with Gasteiger partial charge in [-0.15, -0.1) is 0 Å². The van der Waals surface area contributed by atoms with Crippen LogP contribution in [0.15, 0.2) is 50.4 Å². The van der Waals surface area contributed by atoms with Gasteiger partial charge < -0.3 is 33.0 Å². The zero-order chi connectivity index (χ0) is 28.7. The Kier molecular flexibility index (Phi) is 7.21. The molecule has 0 aliphatic carbocycles. The van der Waals surface area contributed by atoms with Crippen molar-refractivity contribution in [1.82, 2.24) is 9.47 Å². The number of aromatic nitrogens is 1. The summed E-state index contributed by atoms with van der Waals surface area (Å²) in [6.07, 6.45) is 0.802. The number of methoxy groups -OCH3 is 2. The molecule has 3 atom stereocenters. The summed E-state index contributed by atoms with van der Waals surface area (Å²) >= 11 is 0. The first-order valence-corrected chi connectivity index (χ1v) is 13.7. The molecule has 3 aromatic rings. The number of ether oxygens (including phenoxy) is 4. The molecule has 41 heavy (non-hydrogen) atoms. The molecular formula is C30H32N2O9. The number of hydrogen-bond acceptors (Lipinski definition) is 10. The van der Waals surface area contributed by atoms with E-state index in [0.717, 1.165) is 18.7 Å². The van der Waals surface area contributed by atoms with Crippen molar-refractivity contribution in [2.24, 2.45) is 5.92 Å². The normalized spacial score (nSPS) is 20.1. The molecule has 1 N–H and O–H groups in total. The van der Waals surface area contributed by atoms with Crippen LogP contribution in [0.2, 0.25) is 0 Å². The maximum absolute atomic E-state index is 13.0. The first-order valence-electron chi connectivity index (χ1n) is 13.7. The van der Waals surface area contributed by atoms with Gasteiger partial charge in [-0.05, 0) is 36.1 Å². The Hall–Kier alpha value is -4.25. The van der Waals surface area contributed by atoms with E-state index in [-0.39, 0.29) is 23.7 Å². The fraction of sp³-hybridized carbons (Fsp3) is 0.433. The molecule has 0 amide bonds. The van der Waals surface area contributed by atoms with Crippen LogP contribution in [-0.2, 0) is 22.6 Å². The molecule has 0 spiro atoms. The molecule has 2 bridgehead atoms. The summed E-state index contributed by atoms with van der Waals surface area (Å²) in [5.74, 6) is 0.103. The highest BCUT2D eigenvalue weighted by atomic mass is 16.6. The van der Waals surface area contributed by atoms with E-state index in [4.69, 9.17) is 23.4 Å². The number of likely N-dealkylation sites (tertiary alicyclic amines) is 1. The largest absolute Gasteiger partial charge is 0.502 e. The highest BCUT2D eigenvalue weighted by molar-refractivity contribution is 5.71. The van der Waals surface area contributed by atoms with E-state index in [9.17, 15) is 19.5 Å². The van der Waals surface area contributed by atoms with E-state index < -0.39 is 23.1 Å². The molecule has 216 valence electrons. The minimum absolute atomic E-state index is 0.0206. The summed E-state index contributed by atoms with van der Waals surface area (Å²) in [6.45, 7) is 3.13. The van der Waals surface area contributed by atoms with E-state index in [2.05, 4.69) is 4.90 Å². The predicted octanol–water partition coefficient (Wildman–Crippen LogP) is 2.60. The maximum Gasteiger partial charge on any atom is 0.306 e. The second-order valence-electron chi connectivity index (χ2n) is 10.8. The monoisotopic (exact) mass is 564 g/mol. The molecule has 0 saturated carbocycles. The van der Waals surface area contributed by atoms with Gasteiger partial charge in [-0.3, -0.25) is 19.3 Å². The van der Waals surface area contributed by atoms with Gasteiger partial charge >= 0.3 is 5.97 Å². The SMILES string of the molecule is COC(=O)C[C@@H](c1cc(OC)c2c(c1)OCCO2)c1oc(CN2C[C@@H]3C[C@H](C2)c2cccc(=O)n2C3)cc(=O)c1O. The van der Waals surface area contributed by atoms with E-state index >= 15 is 0 Å². The van der Waals surface area contributed by atoms with Gasteiger partial charge in [0.2, 0.25) is 16.9 Å². The number of nitrogens with zero attached hydrogens (tertiary/aromatic N) is 2. The van der Waals surface area contributed by atoms with Gasteiger partial charge in [0.25, 0.3) is 5.56 Å². The number of carbonyl (C=O) groups is 1. The van der Waals surface area contributed by atoms with Crippen molar-refractivity contribution in [2.45, 2.75) is 37.8 Å². The summed E-state index contributed by atoms with van der Waals surface area (Å²) in [4.78, 5) is 40.1. The lowest BCUT2D eigenvalue weighted by atomic mass is 9.83. The number of piperidine rings is 1. The van der Waals surface area contributed by atoms with Crippen LogP contribution in [-0.4, -0.2) is 61.1 Å². The average molecular weight is 565 g/mol. The Labute approximate surface area is 235 Å². The number of aromatic hydroxyl groups is 1. The van der Waals surface area contributed by atoms with Crippen molar-refractivity contribution in [3.8, 4) is 23.0 Å². The van der Waals surface area contributed by atoms with Crippen LogP contribution in [0.25, 0.3) is 0 Å². The number of rotatable bonds is 7. The summed E-state index contributed by atoms with van der Waals surface area (Å²) in [5, 5.41) is 10.9. The van der Waals surface area contributed by atoms with Crippen LogP contribution in [0.3, 0.4) is 0 Å². The van der Waals surface area contributed by atoms with Crippen molar-refractivity contribution in [3.05, 3.63) is 79.8 Å². The van der Waals surface area contributed by atoms with Crippen LogP contribution in [0.5, 0.6) is 23.0 Å². The Morgan fingerprint density at radius 2 is 1.93 bits per heavy atom. The molecule has 0 radical (unpaired) electrons. The Morgan fingerprint density at radius 3 is 2.73 bits per heavy atom. The molecule has 1 fully saturated rings. The number of carbonyl (C=O) groups excluding carboxylic acids is 1. The van der Waals surface area contributed by atoms with Gasteiger partial charge in [0.1, 0.15) is 19.0 Å². The predicted molar refractivity (Wildman–Crippen MR) is 146 cm³/mol. The zero-order valence-corrected chi connectivity index (χ0v) is 23.0. The third-order valence-electron chi connectivity index (χ3n) is 8.10. The van der Waals surface area contributed by atoms with Crippen LogP contribution in [0, 0.1) is 5.92 Å². The smallest absolute Gasteiger partial charge is 0.306 e. The third-order valence-corrected chi connectivity index (χ3v) is 8.10. The summed E-state index contributed by atoms with van der Waals surface area (Å²) in [5.41, 5.74) is 0.973. The van der Waals surface area contributed by atoms with Crippen molar-refractivity contribution < 1.29 is 33.3 Å². The van der Waals surface area contributed by atoms with Crippen LogP contribution >= 0.6 is 0 Å². The van der Waals surface area contributed by atoms with Gasteiger partial charge in [0.15, 0.2) is 17.3 Å². The second-order valence-corrected chi connectivity index (χ2v) is 10.8. The minimum Gasteiger partial charge on any atom is -0.502 e. The van der Waals surface area contributed by atoms with E-state index in [1.165, 1.54) is 20.3 Å². The van der Waals surface area contributed by atoms with Gasteiger partial charge in [-0.2, -0.15) is 0 Å². The number of fused-ring (bicyclic) bond motifs is 5. The molecule has 2 aromatic heterocycles. The number of pyridine rings is 1. The fourth-order valence-corrected chi connectivity index (χ4v) is 6.32. The summed E-state index contributed by atoms with van der Waals surface area (Å²) in [6, 6.07) is 10.1. The van der Waals surface area contributed by atoms with Crippen LogP contribution in [0.1, 0.15) is 47.5 Å². The van der Waals surface area contributed by atoms with Gasteiger partial charge in [-0.1, -0.05) is 6.07 Å². The molecular weight excluding hydrogens is 532 g/mol. The zero-order valence-electron chi connectivity index (χ0n) is 23.0. The lowest BCUT2D eigenvalue weighted by molar-refractivity contribution is -0.140. The van der Waals surface area contributed by atoms with Crippen LogP contribution in [0.4, 0.5) is 0 Å². The molecule has 0 unspecified atom stereocenters. The number of benzene rings is 1. The van der Waals surface area contributed by atoms with Crippen molar-refractivity contribution in [1.29, 1.82) is 0 Å². The molecule has 6 rings (SSSR count). The molecule has 1 saturated heterocycles. The van der Waals surface area contributed by atoms with E-state index in [1.807, 2.05) is 10.6 Å². The van der Waals surface area contributed by atoms with Gasteiger partial charge in [-0.25, -0.2) is 0 Å². The molecule has 5 heterocycles. The fourth-order valence-electron chi connectivity index (χ4n) is 6.32. The first-order chi connectivity index (χ1) is 19.8.